The third kappa shape index (κ3) is 7.31. The van der Waals surface area contributed by atoms with Crippen molar-refractivity contribution in [2.24, 2.45) is 0 Å². The molecule has 10 rings (SSSR count). The number of hydrogen-bond donors (Lipinski definition) is 0. The van der Waals surface area contributed by atoms with Gasteiger partial charge in [-0.05, 0) is 109 Å². The molecule has 0 amide bonds. The maximum absolute atomic E-state index is 2.53. The van der Waals surface area contributed by atoms with Gasteiger partial charge in [0, 0.05) is 22.3 Å². The molecule has 0 aromatic heterocycles. The molecule has 1 aliphatic rings. The Hall–Kier alpha value is -7.48. The Morgan fingerprint density at radius 2 is 0.644 bits per heavy atom. The van der Waals surface area contributed by atoms with E-state index in [0.717, 1.165) is 24.2 Å². The van der Waals surface area contributed by atoms with Gasteiger partial charge < -0.3 is 4.90 Å². The van der Waals surface area contributed by atoms with Crippen LogP contribution >= 0.6 is 0 Å². The molecule has 0 bridgehead atoms. The summed E-state index contributed by atoms with van der Waals surface area (Å²) in [6.45, 7) is 0. The molecular formula is C58H43N. The molecule has 0 N–H and O–H groups in total. The van der Waals surface area contributed by atoms with Gasteiger partial charge in [-0.25, -0.2) is 0 Å². The van der Waals surface area contributed by atoms with Gasteiger partial charge >= 0.3 is 0 Å². The lowest BCUT2D eigenvalue weighted by Crippen LogP contribution is -2.35. The van der Waals surface area contributed by atoms with Crippen LogP contribution in [0.1, 0.15) is 12.8 Å². The lowest BCUT2D eigenvalue weighted by Gasteiger charge is -2.31. The summed E-state index contributed by atoms with van der Waals surface area (Å²) in [4.78, 5) is 2.53. The smallest absolute Gasteiger partial charge is 0.0465 e. The first-order chi connectivity index (χ1) is 29.3. The summed E-state index contributed by atoms with van der Waals surface area (Å²) in [5.74, 6) is 0. The van der Waals surface area contributed by atoms with Gasteiger partial charge in [-0.15, -0.1) is 0 Å². The predicted molar refractivity (Wildman–Crippen MR) is 250 cm³/mol. The van der Waals surface area contributed by atoms with E-state index in [0.29, 0.717) is 0 Å². The lowest BCUT2D eigenvalue weighted by molar-refractivity contribution is 1.03. The minimum absolute atomic E-state index is 0.931. The predicted octanol–water partition coefficient (Wildman–Crippen LogP) is 14.2. The van der Waals surface area contributed by atoms with Crippen LogP contribution in [-0.4, -0.2) is 0 Å². The van der Waals surface area contributed by atoms with Gasteiger partial charge in [0.1, 0.15) is 0 Å². The maximum Gasteiger partial charge on any atom is 0.0465 e. The van der Waals surface area contributed by atoms with Crippen molar-refractivity contribution in [1.29, 1.82) is 0 Å². The highest BCUT2D eigenvalue weighted by Crippen LogP contribution is 2.43. The van der Waals surface area contributed by atoms with Crippen LogP contribution in [0.3, 0.4) is 0 Å². The molecule has 0 unspecified atom stereocenters. The fourth-order valence-corrected chi connectivity index (χ4v) is 8.63. The minimum atomic E-state index is 0.931. The topological polar surface area (TPSA) is 3.24 Å². The van der Waals surface area contributed by atoms with E-state index >= 15 is 0 Å². The zero-order chi connectivity index (χ0) is 39.4. The Kier molecular flexibility index (Phi) is 9.84. The maximum atomic E-state index is 2.53. The molecule has 280 valence electrons. The normalized spacial score (nSPS) is 12.0. The van der Waals surface area contributed by atoms with Crippen molar-refractivity contribution in [3.8, 4) is 66.8 Å². The van der Waals surface area contributed by atoms with E-state index in [4.69, 9.17) is 0 Å². The highest BCUT2D eigenvalue weighted by atomic mass is 15.1. The minimum Gasteiger partial charge on any atom is -0.314 e. The first-order valence-electron chi connectivity index (χ1n) is 20.6. The van der Waals surface area contributed by atoms with Crippen LogP contribution in [0.15, 0.2) is 231 Å². The van der Waals surface area contributed by atoms with Gasteiger partial charge in [-0.2, -0.15) is 0 Å². The Bertz CT molecular complexity index is 2820. The second kappa shape index (κ2) is 16.2. The quantitative estimate of drug-likeness (QED) is 0.142. The Labute approximate surface area is 347 Å². The van der Waals surface area contributed by atoms with Crippen LogP contribution in [0.5, 0.6) is 0 Å². The number of nitrogens with zero attached hydrogens (tertiary/aromatic N) is 1. The summed E-state index contributed by atoms with van der Waals surface area (Å²) in [5.41, 5.74) is 18.0. The molecule has 0 fully saturated rings. The number of fused-ring (bicyclic) bond motifs is 1. The van der Waals surface area contributed by atoms with Crippen molar-refractivity contribution in [3.05, 3.63) is 241 Å². The molecule has 9 aromatic carbocycles. The zero-order valence-corrected chi connectivity index (χ0v) is 32.9. The first kappa shape index (κ1) is 35.9. The molecule has 9 aromatic rings. The summed E-state index contributed by atoms with van der Waals surface area (Å²) in [7, 11) is 0. The summed E-state index contributed by atoms with van der Waals surface area (Å²) in [6.07, 6.45) is 4.29. The summed E-state index contributed by atoms with van der Waals surface area (Å²) < 4.78 is 0. The van der Waals surface area contributed by atoms with Crippen molar-refractivity contribution in [1.82, 2.24) is 0 Å². The fourth-order valence-electron chi connectivity index (χ4n) is 8.63. The van der Waals surface area contributed by atoms with E-state index in [1.165, 1.54) is 82.9 Å². The Balaban J connectivity index is 1.18. The molecule has 0 aliphatic heterocycles. The molecule has 0 saturated carbocycles. The molecular weight excluding hydrogens is 711 g/mol. The molecule has 59 heavy (non-hydrogen) atoms. The number of hydrogen-bond acceptors (Lipinski definition) is 1. The third-order valence-corrected chi connectivity index (χ3v) is 11.6. The molecule has 0 spiro atoms. The molecule has 0 atom stereocenters. The van der Waals surface area contributed by atoms with Crippen molar-refractivity contribution < 1.29 is 0 Å². The second-order valence-electron chi connectivity index (χ2n) is 15.2. The fraction of sp³-hybridized carbons (Fsp3) is 0.0345. The Morgan fingerprint density at radius 3 is 1.10 bits per heavy atom. The molecule has 0 saturated heterocycles. The van der Waals surface area contributed by atoms with E-state index < -0.39 is 0 Å². The van der Waals surface area contributed by atoms with E-state index in [-0.39, 0.29) is 0 Å². The van der Waals surface area contributed by atoms with E-state index in [2.05, 4.69) is 241 Å². The van der Waals surface area contributed by atoms with Crippen LogP contribution in [0.4, 0.5) is 11.4 Å². The molecule has 0 heterocycles. The van der Waals surface area contributed by atoms with Crippen molar-refractivity contribution in [2.75, 3.05) is 4.90 Å². The second-order valence-corrected chi connectivity index (χ2v) is 15.2. The first-order valence-corrected chi connectivity index (χ1v) is 20.6. The lowest BCUT2D eigenvalue weighted by atomic mass is 9.91. The molecule has 1 heteroatoms. The average molecular weight is 754 g/mol. The Morgan fingerprint density at radius 1 is 0.288 bits per heavy atom. The molecule has 1 aliphatic carbocycles. The monoisotopic (exact) mass is 753 g/mol. The molecule has 1 nitrogen and oxygen atoms in total. The largest absolute Gasteiger partial charge is 0.314 e. The van der Waals surface area contributed by atoms with Crippen LogP contribution in [-0.2, 0) is 0 Å². The van der Waals surface area contributed by atoms with Gasteiger partial charge in [-0.3, -0.25) is 0 Å². The SMILES string of the molecule is C1=c2ccccc2=C(N(c2ccc(-c3ccccc3)c(-c3ccc(-c4ccccc4)cc3)c2)c2ccc(-c3ccccc3)c(-c3ccc(-c4ccccc4)cc3)c2)CC1. The van der Waals surface area contributed by atoms with Crippen LogP contribution < -0.4 is 15.3 Å². The van der Waals surface area contributed by atoms with E-state index in [1.54, 1.807) is 0 Å². The number of anilines is 2. The highest BCUT2D eigenvalue weighted by molar-refractivity contribution is 5.93. The number of rotatable bonds is 9. The number of benzene rings is 9. The highest BCUT2D eigenvalue weighted by Gasteiger charge is 2.22. The summed E-state index contributed by atoms with van der Waals surface area (Å²) in [6, 6.07) is 83.9. The van der Waals surface area contributed by atoms with Crippen LogP contribution in [0.25, 0.3) is 78.5 Å². The van der Waals surface area contributed by atoms with Crippen molar-refractivity contribution in [2.45, 2.75) is 12.8 Å². The van der Waals surface area contributed by atoms with Gasteiger partial charge in [-0.1, -0.05) is 212 Å². The third-order valence-electron chi connectivity index (χ3n) is 11.6. The summed E-state index contributed by atoms with van der Waals surface area (Å²) >= 11 is 0. The van der Waals surface area contributed by atoms with Crippen LogP contribution in [0, 0.1) is 0 Å². The van der Waals surface area contributed by atoms with Gasteiger partial charge in [0.05, 0.1) is 0 Å². The average Bonchev–Trinajstić information content (AvgIpc) is 3.33. The molecule has 0 radical (unpaired) electrons. The van der Waals surface area contributed by atoms with Crippen LogP contribution in [0.2, 0.25) is 0 Å². The van der Waals surface area contributed by atoms with Gasteiger partial charge in [0.2, 0.25) is 0 Å². The van der Waals surface area contributed by atoms with Crippen molar-refractivity contribution >= 4 is 23.1 Å². The summed E-state index contributed by atoms with van der Waals surface area (Å²) in [5, 5.41) is 2.56. The van der Waals surface area contributed by atoms with Gasteiger partial charge in [0.25, 0.3) is 0 Å². The van der Waals surface area contributed by atoms with Crippen molar-refractivity contribution in [3.63, 3.8) is 0 Å². The standard InChI is InChI=1S/C58H43N/c1-5-16-42(17-6-1)44-28-32-49(33-29-44)56-40-51(36-38-53(56)46-20-9-3-10-21-46)59(58-27-15-25-48-24-13-14-26-55(48)58)52-37-39-54(47-22-11-4-12-23-47)57(41-52)50-34-30-45(31-35-50)43-18-7-2-8-19-43/h1-14,16-26,28-41H,15,27H2. The van der Waals surface area contributed by atoms with E-state index in [9.17, 15) is 0 Å². The zero-order valence-electron chi connectivity index (χ0n) is 32.9. The van der Waals surface area contributed by atoms with E-state index in [1.807, 2.05) is 0 Å². The van der Waals surface area contributed by atoms with Gasteiger partial charge in [0.15, 0.2) is 0 Å².